The third kappa shape index (κ3) is 6.62. The minimum Gasteiger partial charge on any atom is -0.490 e. The number of amides is 1. The summed E-state index contributed by atoms with van der Waals surface area (Å²) in [5.41, 5.74) is 6.75. The number of fused-ring (bicyclic) bond motifs is 2. The van der Waals surface area contributed by atoms with Crippen molar-refractivity contribution in [1.29, 1.82) is 0 Å². The number of piperazine rings is 1. The van der Waals surface area contributed by atoms with E-state index in [1.807, 2.05) is 38.1 Å². The summed E-state index contributed by atoms with van der Waals surface area (Å²) < 4.78 is 11.8. The first-order chi connectivity index (χ1) is 20.8. The Morgan fingerprint density at radius 1 is 0.977 bits per heavy atom. The van der Waals surface area contributed by atoms with Crippen LogP contribution < -0.4 is 20.1 Å². The number of rotatable bonds is 11. The van der Waals surface area contributed by atoms with Crippen molar-refractivity contribution in [2.24, 2.45) is 0 Å². The number of carbonyl (C=O) groups is 1. The van der Waals surface area contributed by atoms with Crippen LogP contribution in [0, 0.1) is 20.8 Å². The molecule has 3 aliphatic rings. The van der Waals surface area contributed by atoms with Gasteiger partial charge < -0.3 is 19.7 Å². The highest BCUT2D eigenvalue weighted by Crippen LogP contribution is 2.36. The lowest BCUT2D eigenvalue weighted by Crippen LogP contribution is -2.65. The third-order valence-electron chi connectivity index (χ3n) is 9.22. The van der Waals surface area contributed by atoms with Gasteiger partial charge in [0, 0.05) is 31.2 Å². The van der Waals surface area contributed by atoms with Gasteiger partial charge in [0.05, 0.1) is 16.6 Å². The van der Waals surface area contributed by atoms with Gasteiger partial charge in [-0.05, 0) is 98.5 Å². The van der Waals surface area contributed by atoms with Gasteiger partial charge in [-0.2, -0.15) is 0 Å². The molecule has 0 radical (unpaired) electrons. The minimum absolute atomic E-state index is 0.0139. The quantitative estimate of drug-likeness (QED) is 0.263. The van der Waals surface area contributed by atoms with Gasteiger partial charge in [0.25, 0.3) is 5.91 Å². The molecule has 1 saturated carbocycles. The van der Waals surface area contributed by atoms with E-state index in [1.54, 1.807) is 0 Å². The summed E-state index contributed by atoms with van der Waals surface area (Å²) in [6.45, 7) is 9.39. The average molecular weight is 600 g/mol. The molecule has 6 rings (SSSR count). The van der Waals surface area contributed by atoms with Crippen molar-refractivity contribution in [3.63, 3.8) is 0 Å². The number of hydrogen-bond donors (Lipinski definition) is 2. The first kappa shape index (κ1) is 29.7. The Balaban J connectivity index is 1.07. The van der Waals surface area contributed by atoms with Crippen LogP contribution >= 0.6 is 11.6 Å². The Kier molecular flexibility index (Phi) is 8.80. The van der Waals surface area contributed by atoms with Crippen molar-refractivity contribution >= 4 is 17.5 Å². The van der Waals surface area contributed by atoms with Crippen molar-refractivity contribution in [1.82, 2.24) is 15.5 Å². The van der Waals surface area contributed by atoms with Gasteiger partial charge in [-0.1, -0.05) is 54.1 Å². The van der Waals surface area contributed by atoms with E-state index >= 15 is 0 Å². The molecule has 3 aromatic rings. The molecule has 1 aliphatic carbocycles. The molecule has 2 heterocycles. The predicted molar refractivity (Wildman–Crippen MR) is 172 cm³/mol. The summed E-state index contributed by atoms with van der Waals surface area (Å²) in [6, 6.07) is 21.0. The van der Waals surface area contributed by atoms with Crippen molar-refractivity contribution in [2.75, 3.05) is 32.8 Å². The maximum atomic E-state index is 13.9. The Hall–Kier alpha value is -3.32. The second kappa shape index (κ2) is 12.7. The molecule has 226 valence electrons. The summed E-state index contributed by atoms with van der Waals surface area (Å²) in [6.07, 6.45) is 6.06. The van der Waals surface area contributed by atoms with Crippen LogP contribution in [0.4, 0.5) is 0 Å². The smallest absolute Gasteiger partial charge is 0.251 e. The standard InChI is InChI=1S/C36H42ClN3O3/c1-24-6-4-5-7-27(24)15-17-40(29-10-11-29)35(41)31-14-16-36(23-38-22-33(31)39-36)28-8-12-30(13-9-28)42-18-19-43-34-21-26(3)25(2)20-32(34)37/h4-9,12-14,20-21,29,33,38-39H,10-11,15-19,22-23H2,1-3H3. The first-order valence-corrected chi connectivity index (χ1v) is 15.9. The van der Waals surface area contributed by atoms with Crippen LogP contribution in [0.15, 0.2) is 72.3 Å². The molecule has 2 unspecified atom stereocenters. The van der Waals surface area contributed by atoms with Gasteiger partial charge in [-0.3, -0.25) is 10.1 Å². The molecule has 2 atom stereocenters. The number of nitrogens with one attached hydrogen (secondary N) is 2. The molecule has 1 amide bonds. The van der Waals surface area contributed by atoms with Gasteiger partial charge in [0.2, 0.25) is 0 Å². The average Bonchev–Trinajstić information content (AvgIpc) is 3.85. The zero-order chi connectivity index (χ0) is 30.0. The van der Waals surface area contributed by atoms with Crippen LogP contribution in [-0.4, -0.2) is 55.7 Å². The van der Waals surface area contributed by atoms with E-state index < -0.39 is 0 Å². The molecular formula is C36H42ClN3O3. The molecular weight excluding hydrogens is 558 g/mol. The fourth-order valence-corrected chi connectivity index (χ4v) is 6.60. The maximum Gasteiger partial charge on any atom is 0.251 e. The van der Waals surface area contributed by atoms with Gasteiger partial charge >= 0.3 is 0 Å². The summed E-state index contributed by atoms with van der Waals surface area (Å²) >= 11 is 6.33. The molecule has 0 aromatic heterocycles. The molecule has 1 saturated heterocycles. The van der Waals surface area contributed by atoms with Gasteiger partial charge in [-0.25, -0.2) is 0 Å². The molecule has 2 aliphatic heterocycles. The predicted octanol–water partition coefficient (Wildman–Crippen LogP) is 6.04. The number of aryl methyl sites for hydroxylation is 3. The zero-order valence-electron chi connectivity index (χ0n) is 25.4. The Morgan fingerprint density at radius 3 is 2.49 bits per heavy atom. The third-order valence-corrected chi connectivity index (χ3v) is 9.51. The van der Waals surface area contributed by atoms with E-state index in [4.69, 9.17) is 21.1 Å². The van der Waals surface area contributed by atoms with Crippen LogP contribution in [-0.2, 0) is 16.8 Å². The Labute approximate surface area is 260 Å². The monoisotopic (exact) mass is 599 g/mol. The highest BCUT2D eigenvalue weighted by atomic mass is 35.5. The van der Waals surface area contributed by atoms with E-state index in [-0.39, 0.29) is 17.5 Å². The zero-order valence-corrected chi connectivity index (χ0v) is 26.2. The topological polar surface area (TPSA) is 62.8 Å². The Morgan fingerprint density at radius 2 is 1.72 bits per heavy atom. The summed E-state index contributed by atoms with van der Waals surface area (Å²) in [7, 11) is 0. The number of halogens is 1. The molecule has 3 aromatic carbocycles. The van der Waals surface area contributed by atoms with Crippen LogP contribution in [0.1, 0.15) is 47.1 Å². The lowest BCUT2D eigenvalue weighted by Gasteiger charge is -2.47. The molecule has 43 heavy (non-hydrogen) atoms. The SMILES string of the molecule is Cc1cc(Cl)c(OCCOc2ccc(C34CC=C(C(=O)N(CCc5ccccc5C)C5CC5)C(CNC3)N4)cc2)cc1C. The van der Waals surface area contributed by atoms with E-state index in [0.717, 1.165) is 67.8 Å². The van der Waals surface area contributed by atoms with Crippen LogP contribution in [0.5, 0.6) is 11.5 Å². The fourth-order valence-electron chi connectivity index (χ4n) is 6.33. The Bertz CT molecular complexity index is 1500. The molecule has 6 nitrogen and oxygen atoms in total. The lowest BCUT2D eigenvalue weighted by molar-refractivity contribution is -0.128. The van der Waals surface area contributed by atoms with Crippen LogP contribution in [0.25, 0.3) is 0 Å². The van der Waals surface area contributed by atoms with Crippen LogP contribution in [0.3, 0.4) is 0 Å². The molecule has 2 fully saturated rings. The van der Waals surface area contributed by atoms with E-state index in [2.05, 4.69) is 64.9 Å². The fraction of sp³-hybridized carbons (Fsp3) is 0.417. The van der Waals surface area contributed by atoms with Crippen molar-refractivity contribution < 1.29 is 14.3 Å². The lowest BCUT2D eigenvalue weighted by atomic mass is 9.78. The summed E-state index contributed by atoms with van der Waals surface area (Å²) in [5.74, 6) is 1.67. The number of ether oxygens (including phenoxy) is 2. The molecule has 2 N–H and O–H groups in total. The molecule has 0 spiro atoms. The van der Waals surface area contributed by atoms with Crippen LogP contribution in [0.2, 0.25) is 5.02 Å². The second-order valence-corrected chi connectivity index (χ2v) is 12.7. The van der Waals surface area contributed by atoms with E-state index in [0.29, 0.717) is 30.0 Å². The van der Waals surface area contributed by atoms with Gasteiger partial charge in [0.15, 0.2) is 0 Å². The van der Waals surface area contributed by atoms with Crippen molar-refractivity contribution in [3.8, 4) is 11.5 Å². The number of nitrogens with zero attached hydrogens (tertiary/aromatic N) is 1. The minimum atomic E-state index is -0.250. The van der Waals surface area contributed by atoms with Gasteiger partial charge in [0.1, 0.15) is 24.7 Å². The summed E-state index contributed by atoms with van der Waals surface area (Å²) in [4.78, 5) is 16.0. The number of carbonyl (C=O) groups excluding carboxylic acids is 1. The maximum absolute atomic E-state index is 13.9. The molecule has 2 bridgehead atoms. The van der Waals surface area contributed by atoms with E-state index in [9.17, 15) is 4.79 Å². The second-order valence-electron chi connectivity index (χ2n) is 12.3. The number of benzene rings is 3. The summed E-state index contributed by atoms with van der Waals surface area (Å²) in [5, 5.41) is 8.09. The van der Waals surface area contributed by atoms with Gasteiger partial charge in [-0.15, -0.1) is 0 Å². The highest BCUT2D eigenvalue weighted by Gasteiger charge is 2.44. The van der Waals surface area contributed by atoms with Crippen molar-refractivity contribution in [2.45, 2.75) is 64.1 Å². The molecule has 7 heteroatoms. The first-order valence-electron chi connectivity index (χ1n) is 15.5. The normalized spacial score (nSPS) is 21.2. The number of hydrogen-bond acceptors (Lipinski definition) is 5. The largest absolute Gasteiger partial charge is 0.490 e. The highest BCUT2D eigenvalue weighted by molar-refractivity contribution is 6.32. The van der Waals surface area contributed by atoms with E-state index in [1.165, 1.54) is 16.7 Å². The van der Waals surface area contributed by atoms with Crippen molar-refractivity contribution in [3.05, 3.63) is 105 Å².